The van der Waals surface area contributed by atoms with Crippen LogP contribution in [-0.4, -0.2) is 62.0 Å². The van der Waals surface area contributed by atoms with Gasteiger partial charge in [0, 0.05) is 25.7 Å². The number of hydrogen-bond acceptors (Lipinski definition) is 7. The molecule has 0 fully saturated rings. The smallest absolute Gasteiger partial charge is 0.323 e. The largest absolute Gasteiger partial charge is 0.480 e. The van der Waals surface area contributed by atoms with Crippen molar-refractivity contribution in [3.63, 3.8) is 0 Å². The number of nitrogens with one attached hydrogen (secondary N) is 4. The number of hydrogen-bond donors (Lipinski definition) is 5. The summed E-state index contributed by atoms with van der Waals surface area (Å²) in [6.07, 6.45) is 3.25. The zero-order valence-electron chi connectivity index (χ0n) is 17.9. The molecule has 0 saturated heterocycles. The minimum atomic E-state index is -4.07. The first-order valence-electron chi connectivity index (χ1n) is 10.3. The number of pyridine rings is 1. The van der Waals surface area contributed by atoms with E-state index in [4.69, 9.17) is 0 Å². The van der Waals surface area contributed by atoms with Crippen LogP contribution in [0.5, 0.6) is 0 Å². The van der Waals surface area contributed by atoms with Crippen LogP contribution < -0.4 is 20.7 Å². The highest BCUT2D eigenvalue weighted by Gasteiger charge is 2.25. The molecule has 0 radical (unpaired) electrons. The molecule has 1 atom stereocenters. The van der Waals surface area contributed by atoms with Gasteiger partial charge in [0.1, 0.15) is 11.9 Å². The molecule has 1 unspecified atom stereocenters. The van der Waals surface area contributed by atoms with E-state index in [1.54, 1.807) is 12.3 Å². The first-order valence-corrected chi connectivity index (χ1v) is 11.7. The van der Waals surface area contributed by atoms with Crippen molar-refractivity contribution in [2.45, 2.75) is 30.2 Å². The number of carboxylic acids is 1. The number of aromatic nitrogens is 1. The number of carbonyl (C=O) groups excluding carboxylic acids is 2. The molecule has 0 aliphatic heterocycles. The lowest BCUT2D eigenvalue weighted by molar-refractivity contribution is -0.139. The molecule has 1 aromatic carbocycles. The van der Waals surface area contributed by atoms with E-state index < -0.39 is 34.5 Å². The molecule has 0 bridgehead atoms. The Morgan fingerprint density at radius 1 is 0.939 bits per heavy atom. The monoisotopic (exact) mass is 477 g/mol. The third-order valence-corrected chi connectivity index (χ3v) is 5.89. The second kappa shape index (κ2) is 13.1. The van der Waals surface area contributed by atoms with Crippen LogP contribution in [0.3, 0.4) is 0 Å². The van der Waals surface area contributed by atoms with Crippen molar-refractivity contribution in [3.8, 4) is 0 Å². The van der Waals surface area contributed by atoms with Crippen molar-refractivity contribution in [2.75, 3.05) is 25.0 Å². The number of aliphatic carboxylic acids is 1. The van der Waals surface area contributed by atoms with E-state index in [-0.39, 0.29) is 23.8 Å². The molecule has 178 valence electrons. The number of benzene rings is 1. The molecule has 33 heavy (non-hydrogen) atoms. The predicted octanol–water partition coefficient (Wildman–Crippen LogP) is 0.328. The van der Waals surface area contributed by atoms with Crippen molar-refractivity contribution in [1.29, 1.82) is 0 Å². The van der Waals surface area contributed by atoms with Crippen LogP contribution in [0.25, 0.3) is 0 Å². The number of anilines is 1. The van der Waals surface area contributed by atoms with Crippen LogP contribution in [0.15, 0.2) is 59.6 Å². The summed E-state index contributed by atoms with van der Waals surface area (Å²) in [4.78, 5) is 39.2. The van der Waals surface area contributed by atoms with E-state index >= 15 is 0 Å². The Balaban J connectivity index is 1.66. The Morgan fingerprint density at radius 3 is 2.33 bits per heavy atom. The molecule has 2 aromatic rings. The second-order valence-corrected chi connectivity index (χ2v) is 8.72. The Kier molecular flexibility index (Phi) is 10.2. The number of rotatable bonds is 14. The van der Waals surface area contributed by atoms with Crippen molar-refractivity contribution in [3.05, 3.63) is 54.7 Å². The summed E-state index contributed by atoms with van der Waals surface area (Å²) < 4.78 is 26.6. The quantitative estimate of drug-likeness (QED) is 0.243. The van der Waals surface area contributed by atoms with Crippen LogP contribution >= 0.6 is 0 Å². The first-order chi connectivity index (χ1) is 15.8. The van der Waals surface area contributed by atoms with Gasteiger partial charge in [0.05, 0.1) is 11.4 Å². The van der Waals surface area contributed by atoms with Crippen LogP contribution in [0, 0.1) is 0 Å². The van der Waals surface area contributed by atoms with Gasteiger partial charge in [-0.05, 0) is 37.1 Å². The van der Waals surface area contributed by atoms with E-state index in [1.807, 2.05) is 22.9 Å². The van der Waals surface area contributed by atoms with Gasteiger partial charge in [-0.2, -0.15) is 4.72 Å². The zero-order chi connectivity index (χ0) is 24.1. The fourth-order valence-corrected chi connectivity index (χ4v) is 3.88. The Bertz CT molecular complexity index is 1020. The third kappa shape index (κ3) is 9.66. The third-order valence-electron chi connectivity index (χ3n) is 4.40. The SMILES string of the molecule is O=C(CCCCNc1ccccn1)NCC(=O)NCC(NS(=O)(=O)c1ccccc1)C(=O)O. The standard InChI is InChI=1S/C21H27N5O6S/c27-19(11-5-7-13-23-18-10-4-6-12-22-18)25-15-20(28)24-14-17(21(29)30)26-33(31,32)16-8-2-1-3-9-16/h1-4,6,8-10,12,17,26H,5,7,11,13-15H2,(H,22,23)(H,24,28)(H,25,27)(H,29,30). The fraction of sp³-hybridized carbons (Fsp3) is 0.333. The van der Waals surface area contributed by atoms with Crippen molar-refractivity contribution >= 4 is 33.6 Å². The number of sulfonamides is 1. The molecule has 0 aliphatic rings. The first kappa shape index (κ1) is 25.7. The summed E-state index contributed by atoms with van der Waals surface area (Å²) in [6.45, 7) is -0.168. The van der Waals surface area contributed by atoms with Crippen molar-refractivity contribution < 1.29 is 27.9 Å². The molecular formula is C21H27N5O6S. The van der Waals surface area contributed by atoms with Crippen LogP contribution in [0.2, 0.25) is 0 Å². The highest BCUT2D eigenvalue weighted by atomic mass is 32.2. The predicted molar refractivity (Wildman–Crippen MR) is 121 cm³/mol. The van der Waals surface area contributed by atoms with Gasteiger partial charge in [-0.15, -0.1) is 0 Å². The average molecular weight is 478 g/mol. The minimum Gasteiger partial charge on any atom is -0.480 e. The molecule has 2 amide bonds. The topological polar surface area (TPSA) is 167 Å². The maximum atomic E-state index is 12.3. The lowest BCUT2D eigenvalue weighted by Crippen LogP contribution is -2.49. The number of carbonyl (C=O) groups is 3. The highest BCUT2D eigenvalue weighted by Crippen LogP contribution is 2.08. The lowest BCUT2D eigenvalue weighted by atomic mass is 10.2. The lowest BCUT2D eigenvalue weighted by Gasteiger charge is -2.16. The van der Waals surface area contributed by atoms with Gasteiger partial charge in [0.25, 0.3) is 0 Å². The van der Waals surface area contributed by atoms with Gasteiger partial charge in [0.2, 0.25) is 21.8 Å². The van der Waals surface area contributed by atoms with E-state index in [0.29, 0.717) is 13.0 Å². The average Bonchev–Trinajstić information content (AvgIpc) is 2.81. The van der Waals surface area contributed by atoms with E-state index in [9.17, 15) is 27.9 Å². The summed E-state index contributed by atoms with van der Waals surface area (Å²) >= 11 is 0. The van der Waals surface area contributed by atoms with Gasteiger partial charge < -0.3 is 21.1 Å². The van der Waals surface area contributed by atoms with Crippen LogP contribution in [0.4, 0.5) is 5.82 Å². The molecule has 0 aliphatic carbocycles. The second-order valence-electron chi connectivity index (χ2n) is 7.00. The summed E-state index contributed by atoms with van der Waals surface area (Å²) in [7, 11) is -4.07. The van der Waals surface area contributed by atoms with Crippen LogP contribution in [0.1, 0.15) is 19.3 Å². The Morgan fingerprint density at radius 2 is 1.67 bits per heavy atom. The molecule has 0 spiro atoms. The van der Waals surface area contributed by atoms with Gasteiger partial charge in [-0.1, -0.05) is 24.3 Å². The van der Waals surface area contributed by atoms with Gasteiger partial charge >= 0.3 is 5.97 Å². The minimum absolute atomic E-state index is 0.0925. The number of nitrogens with zero attached hydrogens (tertiary/aromatic N) is 1. The maximum absolute atomic E-state index is 12.3. The van der Waals surface area contributed by atoms with Gasteiger partial charge in [-0.25, -0.2) is 13.4 Å². The van der Waals surface area contributed by atoms with E-state index in [0.717, 1.165) is 12.2 Å². The zero-order valence-corrected chi connectivity index (χ0v) is 18.7. The molecule has 1 aromatic heterocycles. The summed E-state index contributed by atoms with van der Waals surface area (Å²) in [5.74, 6) is -1.64. The molecule has 2 rings (SSSR count). The van der Waals surface area contributed by atoms with Gasteiger partial charge in [-0.3, -0.25) is 14.4 Å². The van der Waals surface area contributed by atoms with E-state index in [2.05, 4.69) is 20.9 Å². The number of unbranched alkanes of at least 4 members (excludes halogenated alkanes) is 1. The Hall–Kier alpha value is -3.51. The van der Waals surface area contributed by atoms with Crippen molar-refractivity contribution in [2.24, 2.45) is 0 Å². The summed E-state index contributed by atoms with van der Waals surface area (Å²) in [5.41, 5.74) is 0. The molecule has 12 heteroatoms. The molecule has 1 heterocycles. The Labute approximate surface area is 192 Å². The molecule has 5 N–H and O–H groups in total. The number of amides is 2. The molecule has 11 nitrogen and oxygen atoms in total. The highest BCUT2D eigenvalue weighted by molar-refractivity contribution is 7.89. The van der Waals surface area contributed by atoms with E-state index in [1.165, 1.54) is 24.3 Å². The molecule has 0 saturated carbocycles. The normalized spacial score (nSPS) is 11.9. The van der Waals surface area contributed by atoms with Gasteiger partial charge in [0.15, 0.2) is 0 Å². The molecular weight excluding hydrogens is 450 g/mol. The van der Waals surface area contributed by atoms with Crippen LogP contribution in [-0.2, 0) is 24.4 Å². The fourth-order valence-electron chi connectivity index (χ4n) is 2.67. The maximum Gasteiger partial charge on any atom is 0.323 e. The number of carboxylic acid groups (broad SMARTS) is 1. The van der Waals surface area contributed by atoms with Crippen molar-refractivity contribution in [1.82, 2.24) is 20.3 Å². The summed E-state index contributed by atoms with van der Waals surface area (Å²) in [5, 5.41) is 17.2. The summed E-state index contributed by atoms with van der Waals surface area (Å²) in [6, 6.07) is 11.2.